The molecular weight excluding hydrogens is 330 g/mol. The van der Waals surface area contributed by atoms with Crippen LogP contribution in [0.25, 0.3) is 0 Å². The van der Waals surface area contributed by atoms with E-state index < -0.39 is 0 Å². The molecule has 1 aromatic carbocycles. The van der Waals surface area contributed by atoms with Gasteiger partial charge in [0.1, 0.15) is 10.0 Å². The summed E-state index contributed by atoms with van der Waals surface area (Å²) in [5.41, 5.74) is 1.11. The van der Waals surface area contributed by atoms with Gasteiger partial charge in [-0.25, -0.2) is 0 Å². The molecule has 0 atom stereocenters. The van der Waals surface area contributed by atoms with E-state index in [0.29, 0.717) is 6.42 Å². The van der Waals surface area contributed by atoms with Crippen LogP contribution in [0.4, 0.5) is 5.69 Å². The standard InChI is InChI=1S/C20H23N3OS/c24-17(21-16-4-2-1-3-5-16)9-18-22-23-19(25-18)20-10-13-6-14(11-20)8-15(7-13)12-20/h1-5,13-15H,6-12H2,(H,21,24). The molecule has 4 aliphatic carbocycles. The molecule has 0 saturated heterocycles. The molecule has 0 aliphatic heterocycles. The highest BCUT2D eigenvalue weighted by Crippen LogP contribution is 2.60. The quantitative estimate of drug-likeness (QED) is 0.897. The number of carbonyl (C=O) groups is 1. The molecule has 1 N–H and O–H groups in total. The second kappa shape index (κ2) is 5.90. The van der Waals surface area contributed by atoms with Gasteiger partial charge in [-0.15, -0.1) is 21.5 Å². The highest BCUT2D eigenvalue weighted by atomic mass is 32.1. The molecule has 25 heavy (non-hydrogen) atoms. The molecule has 6 rings (SSSR count). The van der Waals surface area contributed by atoms with Gasteiger partial charge >= 0.3 is 0 Å². The van der Waals surface area contributed by atoms with E-state index in [4.69, 9.17) is 0 Å². The van der Waals surface area contributed by atoms with Crippen molar-refractivity contribution in [1.82, 2.24) is 10.2 Å². The Labute approximate surface area is 152 Å². The van der Waals surface area contributed by atoms with Crippen molar-refractivity contribution in [3.8, 4) is 0 Å². The van der Waals surface area contributed by atoms with E-state index in [-0.39, 0.29) is 11.3 Å². The zero-order valence-electron chi connectivity index (χ0n) is 14.3. The summed E-state index contributed by atoms with van der Waals surface area (Å²) in [5.74, 6) is 2.69. The second-order valence-corrected chi connectivity index (χ2v) is 9.35. The monoisotopic (exact) mass is 353 g/mol. The maximum atomic E-state index is 12.3. The second-order valence-electron chi connectivity index (χ2n) is 8.29. The molecule has 4 fully saturated rings. The van der Waals surface area contributed by atoms with E-state index >= 15 is 0 Å². The molecular formula is C20H23N3OS. The molecule has 4 bridgehead atoms. The van der Waals surface area contributed by atoms with E-state index in [1.807, 2.05) is 30.3 Å². The molecule has 0 radical (unpaired) electrons. The van der Waals surface area contributed by atoms with Crippen LogP contribution in [0.15, 0.2) is 30.3 Å². The lowest BCUT2D eigenvalue weighted by Gasteiger charge is -2.55. The minimum Gasteiger partial charge on any atom is -0.326 e. The van der Waals surface area contributed by atoms with Crippen LogP contribution in [-0.2, 0) is 16.6 Å². The molecule has 4 nitrogen and oxygen atoms in total. The number of nitrogens with one attached hydrogen (secondary N) is 1. The van der Waals surface area contributed by atoms with Crippen molar-refractivity contribution in [1.29, 1.82) is 0 Å². The summed E-state index contributed by atoms with van der Waals surface area (Å²) in [7, 11) is 0. The Balaban J connectivity index is 1.30. The van der Waals surface area contributed by atoms with Crippen molar-refractivity contribution in [2.75, 3.05) is 5.32 Å². The number of para-hydroxylation sites is 1. The summed E-state index contributed by atoms with van der Waals surface area (Å²) in [4.78, 5) is 12.3. The van der Waals surface area contributed by atoms with E-state index in [0.717, 1.165) is 28.4 Å². The molecule has 0 unspecified atom stereocenters. The molecule has 4 aliphatic rings. The molecule has 130 valence electrons. The van der Waals surface area contributed by atoms with Crippen LogP contribution in [0.3, 0.4) is 0 Å². The lowest BCUT2D eigenvalue weighted by atomic mass is 9.50. The Morgan fingerprint density at radius 3 is 2.32 bits per heavy atom. The largest absolute Gasteiger partial charge is 0.326 e. The highest BCUT2D eigenvalue weighted by molar-refractivity contribution is 7.11. The Morgan fingerprint density at radius 2 is 1.68 bits per heavy atom. The molecule has 1 aromatic heterocycles. The summed E-state index contributed by atoms with van der Waals surface area (Å²) < 4.78 is 0. The van der Waals surface area contributed by atoms with Crippen molar-refractivity contribution in [3.05, 3.63) is 40.3 Å². The van der Waals surface area contributed by atoms with Crippen LogP contribution in [0.2, 0.25) is 0 Å². The van der Waals surface area contributed by atoms with Gasteiger partial charge in [-0.05, 0) is 68.4 Å². The zero-order chi connectivity index (χ0) is 16.9. The maximum Gasteiger partial charge on any atom is 0.231 e. The summed E-state index contributed by atoms with van der Waals surface area (Å²) in [6.45, 7) is 0. The fraction of sp³-hybridized carbons (Fsp3) is 0.550. The van der Waals surface area contributed by atoms with Crippen molar-refractivity contribution < 1.29 is 4.79 Å². The van der Waals surface area contributed by atoms with Crippen LogP contribution in [0, 0.1) is 17.8 Å². The summed E-state index contributed by atoms with van der Waals surface area (Å²) >= 11 is 1.68. The molecule has 4 saturated carbocycles. The third-order valence-electron chi connectivity index (χ3n) is 6.33. The molecule has 1 amide bonds. The predicted molar refractivity (Wildman–Crippen MR) is 98.5 cm³/mol. The Hall–Kier alpha value is -1.75. The summed E-state index contributed by atoms with van der Waals surface area (Å²) in [5, 5.41) is 13.9. The molecule has 5 heteroatoms. The van der Waals surface area contributed by atoms with Crippen molar-refractivity contribution >= 4 is 22.9 Å². The number of carbonyl (C=O) groups excluding carboxylic acids is 1. The van der Waals surface area contributed by atoms with Gasteiger partial charge in [0.15, 0.2) is 0 Å². The number of aromatic nitrogens is 2. The fourth-order valence-electron chi connectivity index (χ4n) is 5.78. The van der Waals surface area contributed by atoms with Gasteiger partial charge in [-0.2, -0.15) is 0 Å². The number of benzene rings is 1. The zero-order valence-corrected chi connectivity index (χ0v) is 15.1. The van der Waals surface area contributed by atoms with Crippen LogP contribution in [0.1, 0.15) is 48.5 Å². The van der Waals surface area contributed by atoms with Gasteiger partial charge in [0, 0.05) is 11.1 Å². The van der Waals surface area contributed by atoms with Crippen molar-refractivity contribution in [2.45, 2.75) is 50.4 Å². The Morgan fingerprint density at radius 1 is 1.04 bits per heavy atom. The van der Waals surface area contributed by atoms with E-state index in [9.17, 15) is 4.79 Å². The fourth-order valence-corrected chi connectivity index (χ4v) is 6.83. The SMILES string of the molecule is O=C(Cc1nnc(C23CC4CC(CC(C4)C2)C3)s1)Nc1ccccc1. The van der Waals surface area contributed by atoms with Crippen LogP contribution >= 0.6 is 11.3 Å². The predicted octanol–water partition coefficient (Wildman–Crippen LogP) is 4.19. The Kier molecular flexibility index (Phi) is 3.66. The first kappa shape index (κ1) is 15.5. The highest BCUT2D eigenvalue weighted by Gasteiger charge is 2.53. The van der Waals surface area contributed by atoms with Crippen LogP contribution in [0.5, 0.6) is 0 Å². The summed E-state index contributed by atoms with van der Waals surface area (Å²) in [6.07, 6.45) is 8.51. The molecule has 0 spiro atoms. The minimum atomic E-state index is -0.0144. The van der Waals surface area contributed by atoms with E-state index in [1.54, 1.807) is 11.3 Å². The van der Waals surface area contributed by atoms with Gasteiger partial charge in [-0.3, -0.25) is 4.79 Å². The third-order valence-corrected chi connectivity index (χ3v) is 7.50. The summed E-state index contributed by atoms with van der Waals surface area (Å²) in [6, 6.07) is 9.59. The first-order valence-electron chi connectivity index (χ1n) is 9.36. The first-order chi connectivity index (χ1) is 12.2. The smallest absolute Gasteiger partial charge is 0.231 e. The third kappa shape index (κ3) is 2.88. The average molecular weight is 353 g/mol. The number of amides is 1. The topological polar surface area (TPSA) is 54.9 Å². The number of nitrogens with zero attached hydrogens (tertiary/aromatic N) is 2. The van der Waals surface area contributed by atoms with Crippen LogP contribution in [-0.4, -0.2) is 16.1 Å². The van der Waals surface area contributed by atoms with E-state index in [2.05, 4.69) is 15.5 Å². The lowest BCUT2D eigenvalue weighted by molar-refractivity contribution is -0.115. The lowest BCUT2D eigenvalue weighted by Crippen LogP contribution is -2.48. The Bertz CT molecular complexity index is 750. The molecule has 1 heterocycles. The van der Waals surface area contributed by atoms with Gasteiger partial charge in [0.25, 0.3) is 0 Å². The first-order valence-corrected chi connectivity index (χ1v) is 10.2. The van der Waals surface area contributed by atoms with E-state index in [1.165, 1.54) is 43.5 Å². The number of anilines is 1. The van der Waals surface area contributed by atoms with Gasteiger partial charge in [-0.1, -0.05) is 18.2 Å². The van der Waals surface area contributed by atoms with Gasteiger partial charge in [0.05, 0.1) is 6.42 Å². The number of hydrogen-bond acceptors (Lipinski definition) is 4. The maximum absolute atomic E-state index is 12.3. The normalized spacial score (nSPS) is 32.7. The van der Waals surface area contributed by atoms with Crippen molar-refractivity contribution in [2.24, 2.45) is 17.8 Å². The van der Waals surface area contributed by atoms with Gasteiger partial charge in [0.2, 0.25) is 5.91 Å². The number of rotatable bonds is 4. The van der Waals surface area contributed by atoms with Gasteiger partial charge < -0.3 is 5.32 Å². The average Bonchev–Trinajstić information content (AvgIpc) is 3.04. The van der Waals surface area contributed by atoms with Crippen LogP contribution < -0.4 is 5.32 Å². The minimum absolute atomic E-state index is 0.0144. The number of hydrogen-bond donors (Lipinski definition) is 1. The molecule has 2 aromatic rings. The van der Waals surface area contributed by atoms with Crippen molar-refractivity contribution in [3.63, 3.8) is 0 Å².